The number of rotatable bonds is 30. The molecule has 0 saturated heterocycles. The second kappa shape index (κ2) is 29.0. The van der Waals surface area contributed by atoms with E-state index in [-0.39, 0.29) is 0 Å². The van der Waals surface area contributed by atoms with E-state index in [0.717, 1.165) is 24.5 Å². The molecule has 0 aliphatic heterocycles. The molecule has 0 aliphatic carbocycles. The Labute approximate surface area is 239 Å². The summed E-state index contributed by atoms with van der Waals surface area (Å²) < 4.78 is 0. The van der Waals surface area contributed by atoms with Crippen LogP contribution in [0.5, 0.6) is 0 Å². The SMILES string of the molecule is CCCCCCCCCCCCCCCCc1n[c]nc(CCCCCCCCCCCCCCCC)n1. The molecule has 0 N–H and O–H groups in total. The molecule has 1 rings (SSSR count). The molecule has 1 aromatic rings. The van der Waals surface area contributed by atoms with Crippen molar-refractivity contribution in [3.8, 4) is 0 Å². The fraction of sp³-hybridized carbons (Fsp3) is 0.914. The van der Waals surface area contributed by atoms with Crippen LogP contribution in [0.3, 0.4) is 0 Å². The summed E-state index contributed by atoms with van der Waals surface area (Å²) in [5.41, 5.74) is 0. The van der Waals surface area contributed by atoms with Crippen molar-refractivity contribution in [2.24, 2.45) is 0 Å². The number of nitrogens with zero attached hydrogens (tertiary/aromatic N) is 3. The molecule has 221 valence electrons. The number of unbranched alkanes of at least 4 members (excludes halogenated alkanes) is 26. The Hall–Kier alpha value is -0.990. The van der Waals surface area contributed by atoms with Crippen molar-refractivity contribution < 1.29 is 0 Å². The Morgan fingerprint density at radius 1 is 0.342 bits per heavy atom. The molecule has 38 heavy (non-hydrogen) atoms. The largest absolute Gasteiger partial charge is 0.218 e. The van der Waals surface area contributed by atoms with E-state index in [1.807, 2.05) is 0 Å². The molecule has 3 heteroatoms. The van der Waals surface area contributed by atoms with Crippen molar-refractivity contribution in [3.05, 3.63) is 18.0 Å². The summed E-state index contributed by atoms with van der Waals surface area (Å²) in [6, 6.07) is 0. The van der Waals surface area contributed by atoms with Gasteiger partial charge in [0.25, 0.3) is 0 Å². The molecule has 0 bridgehead atoms. The van der Waals surface area contributed by atoms with Gasteiger partial charge < -0.3 is 0 Å². The zero-order valence-corrected chi connectivity index (χ0v) is 26.1. The number of aromatic nitrogens is 3. The van der Waals surface area contributed by atoms with Crippen LogP contribution in [0.4, 0.5) is 0 Å². The minimum absolute atomic E-state index is 0.958. The fourth-order valence-electron chi connectivity index (χ4n) is 5.52. The van der Waals surface area contributed by atoms with Crippen LogP contribution in [-0.4, -0.2) is 15.0 Å². The highest BCUT2D eigenvalue weighted by molar-refractivity contribution is 4.90. The predicted octanol–water partition coefficient (Wildman–Crippen LogP) is 11.7. The van der Waals surface area contributed by atoms with Crippen molar-refractivity contribution in [3.63, 3.8) is 0 Å². The first-order valence-corrected chi connectivity index (χ1v) is 17.5. The summed E-state index contributed by atoms with van der Waals surface area (Å²) in [5.74, 6) is 1.92. The molecule has 0 aromatic carbocycles. The van der Waals surface area contributed by atoms with Gasteiger partial charge in [0.15, 0.2) is 0 Å². The van der Waals surface area contributed by atoms with Gasteiger partial charge in [0.1, 0.15) is 11.6 Å². The molecule has 0 unspecified atom stereocenters. The normalized spacial score (nSPS) is 11.4. The van der Waals surface area contributed by atoms with Crippen LogP contribution in [-0.2, 0) is 12.8 Å². The van der Waals surface area contributed by atoms with Crippen LogP contribution in [0, 0.1) is 6.33 Å². The van der Waals surface area contributed by atoms with E-state index in [1.54, 1.807) is 0 Å². The van der Waals surface area contributed by atoms with Crippen molar-refractivity contribution in [1.82, 2.24) is 15.0 Å². The lowest BCUT2D eigenvalue weighted by Gasteiger charge is -2.05. The fourth-order valence-corrected chi connectivity index (χ4v) is 5.52. The molecule has 0 aliphatic rings. The molecule has 0 saturated carbocycles. The molecule has 0 amide bonds. The lowest BCUT2D eigenvalue weighted by Crippen LogP contribution is -2.03. The molecule has 1 aromatic heterocycles. The third-order valence-electron chi connectivity index (χ3n) is 8.12. The molecule has 0 spiro atoms. The van der Waals surface area contributed by atoms with Gasteiger partial charge in [0, 0.05) is 12.8 Å². The van der Waals surface area contributed by atoms with Crippen LogP contribution < -0.4 is 0 Å². The molecular weight excluding hydrogens is 462 g/mol. The molecule has 0 atom stereocenters. The monoisotopic (exact) mass is 529 g/mol. The first-order valence-electron chi connectivity index (χ1n) is 17.5. The maximum atomic E-state index is 4.72. The smallest absolute Gasteiger partial charge is 0.201 e. The van der Waals surface area contributed by atoms with Gasteiger partial charge in [-0.2, -0.15) is 0 Å². The summed E-state index contributed by atoms with van der Waals surface area (Å²) in [7, 11) is 0. The zero-order chi connectivity index (χ0) is 27.2. The van der Waals surface area contributed by atoms with E-state index in [0.29, 0.717) is 0 Å². The van der Waals surface area contributed by atoms with Crippen molar-refractivity contribution in [1.29, 1.82) is 0 Å². The molecule has 1 heterocycles. The quantitative estimate of drug-likeness (QED) is 0.0932. The van der Waals surface area contributed by atoms with Gasteiger partial charge in [-0.3, -0.25) is 0 Å². The standard InChI is InChI=1S/C35H66N3/c1-3-5-7-9-11-13-15-17-19-21-23-25-27-29-31-34-36-33-37-35(38-34)32-30-28-26-24-22-20-18-16-14-12-10-8-6-4-2/h3-32H2,1-2H3. The summed E-state index contributed by atoms with van der Waals surface area (Å²) in [6.45, 7) is 4.59. The Morgan fingerprint density at radius 3 is 0.842 bits per heavy atom. The molecule has 1 radical (unpaired) electrons. The van der Waals surface area contributed by atoms with Crippen molar-refractivity contribution in [2.45, 2.75) is 206 Å². The predicted molar refractivity (Wildman–Crippen MR) is 167 cm³/mol. The van der Waals surface area contributed by atoms with Crippen LogP contribution in [0.1, 0.15) is 205 Å². The number of hydrogen-bond donors (Lipinski definition) is 0. The van der Waals surface area contributed by atoms with E-state index in [2.05, 4.69) is 30.1 Å². The summed E-state index contributed by atoms with van der Waals surface area (Å²) in [4.78, 5) is 13.3. The highest BCUT2D eigenvalue weighted by Crippen LogP contribution is 2.15. The van der Waals surface area contributed by atoms with Crippen molar-refractivity contribution in [2.75, 3.05) is 0 Å². The topological polar surface area (TPSA) is 38.7 Å². The molecule has 3 nitrogen and oxygen atoms in total. The number of aryl methyl sites for hydroxylation is 2. The Kier molecular flexibility index (Phi) is 26.7. The van der Waals surface area contributed by atoms with Gasteiger partial charge in [-0.1, -0.05) is 181 Å². The third kappa shape index (κ3) is 24.1. The number of hydrogen-bond acceptors (Lipinski definition) is 3. The second-order valence-electron chi connectivity index (χ2n) is 12.0. The van der Waals surface area contributed by atoms with Crippen molar-refractivity contribution >= 4 is 0 Å². The van der Waals surface area contributed by atoms with Crippen LogP contribution in [0.15, 0.2) is 0 Å². The lowest BCUT2D eigenvalue weighted by molar-refractivity contribution is 0.532. The van der Waals surface area contributed by atoms with Gasteiger partial charge >= 0.3 is 0 Å². The maximum absolute atomic E-state index is 4.72. The van der Waals surface area contributed by atoms with E-state index >= 15 is 0 Å². The molecule has 0 fully saturated rings. The zero-order valence-electron chi connectivity index (χ0n) is 26.1. The Balaban J connectivity index is 1.88. The van der Waals surface area contributed by atoms with Gasteiger partial charge in [-0.25, -0.2) is 15.0 Å². The first kappa shape index (κ1) is 35.0. The van der Waals surface area contributed by atoms with E-state index < -0.39 is 0 Å². The Bertz CT molecular complexity index is 541. The van der Waals surface area contributed by atoms with Gasteiger partial charge in [-0.05, 0) is 12.8 Å². The first-order chi connectivity index (χ1) is 18.9. The second-order valence-corrected chi connectivity index (χ2v) is 12.0. The van der Waals surface area contributed by atoms with Gasteiger partial charge in [-0.15, -0.1) is 0 Å². The van der Waals surface area contributed by atoms with E-state index in [1.165, 1.54) is 180 Å². The average molecular weight is 529 g/mol. The average Bonchev–Trinajstić information content (AvgIpc) is 2.93. The van der Waals surface area contributed by atoms with Crippen LogP contribution in [0.2, 0.25) is 0 Å². The van der Waals surface area contributed by atoms with E-state index in [4.69, 9.17) is 4.98 Å². The summed E-state index contributed by atoms with van der Waals surface area (Å²) in [6.07, 6.45) is 44.0. The minimum Gasteiger partial charge on any atom is -0.218 e. The van der Waals surface area contributed by atoms with Gasteiger partial charge in [0.2, 0.25) is 6.33 Å². The summed E-state index contributed by atoms with van der Waals surface area (Å²) >= 11 is 0. The third-order valence-corrected chi connectivity index (χ3v) is 8.12. The maximum Gasteiger partial charge on any atom is 0.201 e. The highest BCUT2D eigenvalue weighted by atomic mass is 15.0. The van der Waals surface area contributed by atoms with Crippen LogP contribution >= 0.6 is 0 Å². The van der Waals surface area contributed by atoms with Gasteiger partial charge in [0.05, 0.1) is 0 Å². The lowest BCUT2D eigenvalue weighted by atomic mass is 10.0. The van der Waals surface area contributed by atoms with Crippen LogP contribution in [0.25, 0.3) is 0 Å². The van der Waals surface area contributed by atoms with E-state index in [9.17, 15) is 0 Å². The summed E-state index contributed by atoms with van der Waals surface area (Å²) in [5, 5.41) is 0. The highest BCUT2D eigenvalue weighted by Gasteiger charge is 2.03. The Morgan fingerprint density at radius 2 is 0.579 bits per heavy atom. The minimum atomic E-state index is 0.958. The molecular formula is C35H66N3.